The van der Waals surface area contributed by atoms with E-state index in [1.807, 2.05) is 13.0 Å². The molecule has 0 aliphatic carbocycles. The van der Waals surface area contributed by atoms with E-state index >= 15 is 0 Å². The van der Waals surface area contributed by atoms with Gasteiger partial charge in [-0.15, -0.1) is 0 Å². The number of carbonyl (C=O) groups excluding carboxylic acids is 1. The summed E-state index contributed by atoms with van der Waals surface area (Å²) in [6.07, 6.45) is 0. The average molecular weight is 272 g/mol. The summed E-state index contributed by atoms with van der Waals surface area (Å²) in [5, 5.41) is 11.5. The first-order valence-electron chi connectivity index (χ1n) is 4.72. The Morgan fingerprint density at radius 3 is 2.80 bits per heavy atom. The smallest absolute Gasteiger partial charge is 0.251 e. The molecule has 1 atom stereocenters. The molecule has 0 saturated carbocycles. The molecule has 0 unspecified atom stereocenters. The maximum Gasteiger partial charge on any atom is 0.251 e. The van der Waals surface area contributed by atoms with Crippen molar-refractivity contribution >= 4 is 21.8 Å². The van der Waals surface area contributed by atoms with Crippen molar-refractivity contribution in [2.24, 2.45) is 0 Å². The normalized spacial score (nSPS) is 12.3. The highest BCUT2D eigenvalue weighted by Gasteiger charge is 2.09. The lowest BCUT2D eigenvalue weighted by molar-refractivity contribution is 0.0922. The zero-order chi connectivity index (χ0) is 11.4. The topological polar surface area (TPSA) is 49.3 Å². The Labute approximate surface area is 97.6 Å². The van der Waals surface area contributed by atoms with Crippen molar-refractivity contribution in [1.29, 1.82) is 0 Å². The van der Waals surface area contributed by atoms with Crippen LogP contribution in [0.1, 0.15) is 22.8 Å². The second-order valence-corrected chi connectivity index (χ2v) is 4.38. The number of hydrogen-bond acceptors (Lipinski definition) is 2. The standard InChI is InChI=1S/C11H14BrNO2/c1-7-3-4-9(5-10(7)12)11(15)13-8(2)6-14/h3-5,8,14H,6H2,1-2H3,(H,13,15)/t8-/m0/s1. The molecule has 0 aliphatic rings. The Bertz CT molecular complexity index is 366. The summed E-state index contributed by atoms with van der Waals surface area (Å²) < 4.78 is 0.909. The van der Waals surface area contributed by atoms with Crippen LogP contribution >= 0.6 is 15.9 Å². The third-order valence-electron chi connectivity index (χ3n) is 2.09. The van der Waals surface area contributed by atoms with E-state index in [-0.39, 0.29) is 18.6 Å². The number of carbonyl (C=O) groups is 1. The third kappa shape index (κ3) is 3.32. The maximum absolute atomic E-state index is 11.6. The summed E-state index contributed by atoms with van der Waals surface area (Å²) >= 11 is 3.37. The van der Waals surface area contributed by atoms with Gasteiger partial charge in [0.15, 0.2) is 0 Å². The number of aliphatic hydroxyl groups is 1. The van der Waals surface area contributed by atoms with Crippen molar-refractivity contribution in [1.82, 2.24) is 5.32 Å². The largest absolute Gasteiger partial charge is 0.394 e. The van der Waals surface area contributed by atoms with Gasteiger partial charge in [0.25, 0.3) is 5.91 Å². The fraction of sp³-hybridized carbons (Fsp3) is 0.364. The van der Waals surface area contributed by atoms with E-state index in [9.17, 15) is 4.79 Å². The van der Waals surface area contributed by atoms with Crippen LogP contribution in [-0.4, -0.2) is 23.7 Å². The number of hydrogen-bond donors (Lipinski definition) is 2. The summed E-state index contributed by atoms with van der Waals surface area (Å²) in [4.78, 5) is 11.6. The van der Waals surface area contributed by atoms with E-state index in [0.717, 1.165) is 10.0 Å². The maximum atomic E-state index is 11.6. The highest BCUT2D eigenvalue weighted by molar-refractivity contribution is 9.10. The molecule has 1 aromatic carbocycles. The molecule has 2 N–H and O–H groups in total. The van der Waals surface area contributed by atoms with Gasteiger partial charge in [0.2, 0.25) is 0 Å². The Hall–Kier alpha value is -0.870. The van der Waals surface area contributed by atoms with Crippen LogP contribution in [0.5, 0.6) is 0 Å². The fourth-order valence-corrected chi connectivity index (χ4v) is 1.47. The number of aryl methyl sites for hydroxylation is 1. The zero-order valence-corrected chi connectivity index (χ0v) is 10.3. The molecule has 0 fully saturated rings. The van der Waals surface area contributed by atoms with E-state index < -0.39 is 0 Å². The molecule has 1 amide bonds. The first-order chi connectivity index (χ1) is 7.04. The molecule has 82 valence electrons. The van der Waals surface area contributed by atoms with Crippen LogP contribution in [0, 0.1) is 6.92 Å². The molecule has 1 rings (SSSR count). The molecular formula is C11H14BrNO2. The average Bonchev–Trinajstić information content (AvgIpc) is 2.21. The fourth-order valence-electron chi connectivity index (χ4n) is 1.09. The number of halogens is 1. The predicted molar refractivity (Wildman–Crippen MR) is 62.9 cm³/mol. The zero-order valence-electron chi connectivity index (χ0n) is 8.75. The van der Waals surface area contributed by atoms with Gasteiger partial charge >= 0.3 is 0 Å². The summed E-state index contributed by atoms with van der Waals surface area (Å²) in [5.41, 5.74) is 1.68. The monoisotopic (exact) mass is 271 g/mol. The van der Waals surface area contributed by atoms with Gasteiger partial charge in [-0.2, -0.15) is 0 Å². The van der Waals surface area contributed by atoms with Gasteiger partial charge in [-0.1, -0.05) is 22.0 Å². The number of benzene rings is 1. The molecule has 1 aromatic rings. The molecule has 0 heterocycles. The minimum absolute atomic E-state index is 0.0568. The van der Waals surface area contributed by atoms with E-state index in [1.54, 1.807) is 19.1 Å². The summed E-state index contributed by atoms with van der Waals surface area (Å²) in [6.45, 7) is 3.65. The van der Waals surface area contributed by atoms with Gasteiger partial charge in [0.1, 0.15) is 0 Å². The minimum atomic E-state index is -0.224. The van der Waals surface area contributed by atoms with E-state index in [4.69, 9.17) is 5.11 Å². The second-order valence-electron chi connectivity index (χ2n) is 3.52. The van der Waals surface area contributed by atoms with Crippen molar-refractivity contribution in [2.45, 2.75) is 19.9 Å². The lowest BCUT2D eigenvalue weighted by Gasteiger charge is -2.11. The van der Waals surface area contributed by atoms with E-state index in [2.05, 4.69) is 21.2 Å². The lowest BCUT2D eigenvalue weighted by Crippen LogP contribution is -2.34. The Kier molecular flexibility index (Phi) is 4.29. The molecule has 0 aliphatic heterocycles. The van der Waals surface area contributed by atoms with Gasteiger partial charge in [-0.05, 0) is 31.5 Å². The molecule has 3 nitrogen and oxygen atoms in total. The van der Waals surface area contributed by atoms with Gasteiger partial charge in [0, 0.05) is 16.1 Å². The van der Waals surface area contributed by atoms with Gasteiger partial charge in [-0.25, -0.2) is 0 Å². The number of rotatable bonds is 3. The van der Waals surface area contributed by atoms with Crippen LogP contribution in [-0.2, 0) is 0 Å². The van der Waals surface area contributed by atoms with Crippen molar-refractivity contribution in [3.63, 3.8) is 0 Å². The third-order valence-corrected chi connectivity index (χ3v) is 2.94. The van der Waals surface area contributed by atoms with Crippen LogP contribution < -0.4 is 5.32 Å². The van der Waals surface area contributed by atoms with Crippen molar-refractivity contribution in [3.8, 4) is 0 Å². The Morgan fingerprint density at radius 2 is 2.27 bits per heavy atom. The number of amides is 1. The molecular weight excluding hydrogens is 258 g/mol. The van der Waals surface area contributed by atoms with Crippen LogP contribution in [0.2, 0.25) is 0 Å². The van der Waals surface area contributed by atoms with E-state index in [0.29, 0.717) is 5.56 Å². The SMILES string of the molecule is Cc1ccc(C(=O)N[C@@H](C)CO)cc1Br. The van der Waals surface area contributed by atoms with Gasteiger partial charge < -0.3 is 10.4 Å². The van der Waals surface area contributed by atoms with Crippen LogP contribution in [0.25, 0.3) is 0 Å². The quantitative estimate of drug-likeness (QED) is 0.882. The number of aliphatic hydroxyl groups excluding tert-OH is 1. The Balaban J connectivity index is 2.78. The summed E-state index contributed by atoms with van der Waals surface area (Å²) in [5.74, 6) is -0.169. The van der Waals surface area contributed by atoms with Crippen LogP contribution in [0.3, 0.4) is 0 Å². The molecule has 15 heavy (non-hydrogen) atoms. The summed E-state index contributed by atoms with van der Waals surface area (Å²) in [6, 6.07) is 5.19. The van der Waals surface area contributed by atoms with Crippen LogP contribution in [0.4, 0.5) is 0 Å². The first-order valence-corrected chi connectivity index (χ1v) is 5.51. The summed E-state index contributed by atoms with van der Waals surface area (Å²) in [7, 11) is 0. The molecule has 0 bridgehead atoms. The molecule has 0 aromatic heterocycles. The first kappa shape index (κ1) is 12.2. The van der Waals surface area contributed by atoms with Crippen molar-refractivity contribution < 1.29 is 9.90 Å². The molecule has 4 heteroatoms. The van der Waals surface area contributed by atoms with Crippen LogP contribution in [0.15, 0.2) is 22.7 Å². The highest BCUT2D eigenvalue weighted by Crippen LogP contribution is 2.17. The molecule has 0 spiro atoms. The number of nitrogens with one attached hydrogen (secondary N) is 1. The van der Waals surface area contributed by atoms with Crippen molar-refractivity contribution in [3.05, 3.63) is 33.8 Å². The second kappa shape index (κ2) is 5.28. The van der Waals surface area contributed by atoms with Gasteiger partial charge in [-0.3, -0.25) is 4.79 Å². The molecule has 0 saturated heterocycles. The van der Waals surface area contributed by atoms with Crippen molar-refractivity contribution in [2.75, 3.05) is 6.61 Å². The lowest BCUT2D eigenvalue weighted by atomic mass is 10.1. The Morgan fingerprint density at radius 1 is 1.60 bits per heavy atom. The van der Waals surface area contributed by atoms with Gasteiger partial charge in [0.05, 0.1) is 6.61 Å². The minimum Gasteiger partial charge on any atom is -0.394 e. The molecule has 0 radical (unpaired) electrons. The van der Waals surface area contributed by atoms with E-state index in [1.165, 1.54) is 0 Å². The highest BCUT2D eigenvalue weighted by atomic mass is 79.9. The predicted octanol–water partition coefficient (Wildman–Crippen LogP) is 1.87.